The predicted molar refractivity (Wildman–Crippen MR) is 103 cm³/mol. The number of hydrogen-bond acceptors (Lipinski definition) is 4. The Morgan fingerprint density at radius 3 is 2.45 bits per heavy atom. The van der Waals surface area contributed by atoms with Crippen molar-refractivity contribution in [2.75, 3.05) is 26.7 Å². The molecule has 3 N–H and O–H groups in total. The number of hydrogen-bond donors (Lipinski definition) is 3. The fraction of sp³-hybridized carbons (Fsp3) is 0.643. The predicted octanol–water partition coefficient (Wildman–Crippen LogP) is 1.55. The summed E-state index contributed by atoms with van der Waals surface area (Å²) in [7, 11) is 1.73. The number of thiazole rings is 1. The van der Waals surface area contributed by atoms with Crippen molar-refractivity contribution in [1.82, 2.24) is 20.9 Å². The van der Waals surface area contributed by atoms with Crippen LogP contribution >= 0.6 is 35.3 Å². The lowest BCUT2D eigenvalue weighted by Gasteiger charge is -2.12. The number of aliphatic imine (C=N–C) groups is 1. The van der Waals surface area contributed by atoms with Crippen LogP contribution in [0.25, 0.3) is 0 Å². The summed E-state index contributed by atoms with van der Waals surface area (Å²) in [6.07, 6.45) is 2.77. The van der Waals surface area contributed by atoms with Gasteiger partial charge < -0.3 is 16.0 Å². The maximum atomic E-state index is 11.4. The van der Waals surface area contributed by atoms with E-state index in [9.17, 15) is 4.79 Å². The lowest BCUT2D eigenvalue weighted by atomic mass is 10.2. The van der Waals surface area contributed by atoms with Crippen molar-refractivity contribution >= 4 is 47.2 Å². The number of guanidine groups is 1. The molecule has 1 aromatic heterocycles. The molecule has 1 rings (SSSR count). The molecule has 8 heteroatoms. The first-order valence-corrected chi connectivity index (χ1v) is 7.98. The van der Waals surface area contributed by atoms with Crippen LogP contribution in [0.2, 0.25) is 0 Å². The van der Waals surface area contributed by atoms with Crippen LogP contribution in [0, 0.1) is 12.8 Å². The summed E-state index contributed by atoms with van der Waals surface area (Å²) in [6.45, 7) is 7.83. The summed E-state index contributed by atoms with van der Waals surface area (Å²) in [5.41, 5.74) is 0. The Labute approximate surface area is 153 Å². The van der Waals surface area contributed by atoms with Gasteiger partial charge in [0.1, 0.15) is 0 Å². The maximum Gasteiger partial charge on any atom is 0.222 e. The number of aryl methyl sites for hydroxylation is 1. The lowest BCUT2D eigenvalue weighted by molar-refractivity contribution is -0.123. The van der Waals surface area contributed by atoms with Gasteiger partial charge in [-0.3, -0.25) is 9.79 Å². The molecule has 6 nitrogen and oxygen atoms in total. The second kappa shape index (κ2) is 11.6. The topological polar surface area (TPSA) is 78.4 Å². The molecule has 0 saturated heterocycles. The summed E-state index contributed by atoms with van der Waals surface area (Å²) >= 11 is 1.72. The summed E-state index contributed by atoms with van der Waals surface area (Å²) in [6, 6.07) is 0. The molecule has 0 fully saturated rings. The van der Waals surface area contributed by atoms with Crippen LogP contribution in [0.5, 0.6) is 0 Å². The third-order valence-corrected chi connectivity index (χ3v) is 3.74. The number of carbonyl (C=O) groups excluding carboxylic acids is 1. The minimum Gasteiger partial charge on any atom is -0.356 e. The normalized spacial score (nSPS) is 11.0. The van der Waals surface area contributed by atoms with Gasteiger partial charge in [0, 0.05) is 50.1 Å². The van der Waals surface area contributed by atoms with Gasteiger partial charge in [0.05, 0.1) is 5.01 Å². The van der Waals surface area contributed by atoms with Crippen LogP contribution in [-0.4, -0.2) is 43.5 Å². The van der Waals surface area contributed by atoms with Crippen molar-refractivity contribution in [3.8, 4) is 0 Å². The number of amides is 1. The summed E-state index contributed by atoms with van der Waals surface area (Å²) < 4.78 is 0. The molecule has 0 radical (unpaired) electrons. The Hall–Kier alpha value is -0.900. The molecule has 1 heterocycles. The highest BCUT2D eigenvalue weighted by Gasteiger charge is 2.05. The number of carbonyl (C=O) groups is 1. The number of aromatic nitrogens is 1. The molecule has 0 aliphatic carbocycles. The van der Waals surface area contributed by atoms with Crippen molar-refractivity contribution in [3.63, 3.8) is 0 Å². The molecule has 0 bridgehead atoms. The third kappa shape index (κ3) is 8.52. The van der Waals surface area contributed by atoms with E-state index < -0.39 is 0 Å². The highest BCUT2D eigenvalue weighted by atomic mass is 127. The van der Waals surface area contributed by atoms with Crippen LogP contribution in [0.15, 0.2) is 11.2 Å². The van der Waals surface area contributed by atoms with Gasteiger partial charge in [0.25, 0.3) is 0 Å². The summed E-state index contributed by atoms with van der Waals surface area (Å²) in [4.78, 5) is 21.1. The van der Waals surface area contributed by atoms with Gasteiger partial charge in [-0.15, -0.1) is 35.3 Å². The van der Waals surface area contributed by atoms with Gasteiger partial charge in [-0.2, -0.15) is 0 Å². The SMILES string of the molecule is CN=C(NCCNC(=O)C(C)C)NCCc1ncc(C)s1.I. The molecule has 0 aromatic carbocycles. The van der Waals surface area contributed by atoms with Crippen LogP contribution < -0.4 is 16.0 Å². The monoisotopic (exact) mass is 439 g/mol. The van der Waals surface area contributed by atoms with Crippen LogP contribution in [-0.2, 0) is 11.2 Å². The van der Waals surface area contributed by atoms with Crippen LogP contribution in [0.1, 0.15) is 23.7 Å². The number of nitrogens with zero attached hydrogens (tertiary/aromatic N) is 2. The average Bonchev–Trinajstić information content (AvgIpc) is 2.86. The molecular formula is C14H26IN5OS. The molecular weight excluding hydrogens is 413 g/mol. The van der Waals surface area contributed by atoms with E-state index in [1.807, 2.05) is 20.0 Å². The first kappa shape index (κ1) is 21.1. The minimum absolute atomic E-state index is 0. The summed E-state index contributed by atoms with van der Waals surface area (Å²) in [5, 5.41) is 10.4. The molecule has 0 spiro atoms. The van der Waals surface area contributed by atoms with Crippen molar-refractivity contribution in [1.29, 1.82) is 0 Å². The van der Waals surface area contributed by atoms with Gasteiger partial charge in [0.15, 0.2) is 5.96 Å². The molecule has 0 aliphatic heterocycles. The van der Waals surface area contributed by atoms with E-state index in [0.717, 1.165) is 23.9 Å². The van der Waals surface area contributed by atoms with Crippen molar-refractivity contribution < 1.29 is 4.79 Å². The lowest BCUT2D eigenvalue weighted by Crippen LogP contribution is -2.42. The third-order valence-electron chi connectivity index (χ3n) is 2.77. The van der Waals surface area contributed by atoms with E-state index in [1.165, 1.54) is 4.88 Å². The van der Waals surface area contributed by atoms with E-state index in [2.05, 4.69) is 32.9 Å². The fourth-order valence-electron chi connectivity index (χ4n) is 1.60. The van der Waals surface area contributed by atoms with Crippen LogP contribution in [0.4, 0.5) is 0 Å². The van der Waals surface area contributed by atoms with Crippen molar-refractivity contribution in [2.24, 2.45) is 10.9 Å². The Morgan fingerprint density at radius 2 is 1.91 bits per heavy atom. The Morgan fingerprint density at radius 1 is 1.27 bits per heavy atom. The first-order valence-electron chi connectivity index (χ1n) is 7.16. The largest absolute Gasteiger partial charge is 0.356 e. The molecule has 0 saturated carbocycles. The van der Waals surface area contributed by atoms with Crippen molar-refractivity contribution in [2.45, 2.75) is 27.2 Å². The molecule has 0 atom stereocenters. The molecule has 126 valence electrons. The van der Waals surface area contributed by atoms with Crippen LogP contribution in [0.3, 0.4) is 0 Å². The standard InChI is InChI=1S/C14H25N5OS.HI/c1-10(2)13(20)16-7-8-18-14(15-4)17-6-5-12-19-9-11(3)21-12;/h9-10H,5-8H2,1-4H3,(H,16,20)(H2,15,17,18);1H. The zero-order valence-electron chi connectivity index (χ0n) is 13.6. The molecule has 22 heavy (non-hydrogen) atoms. The Balaban J connectivity index is 0.00000441. The van der Waals surface area contributed by atoms with E-state index in [-0.39, 0.29) is 35.8 Å². The smallest absolute Gasteiger partial charge is 0.222 e. The second-order valence-corrected chi connectivity index (χ2v) is 6.31. The highest BCUT2D eigenvalue weighted by Crippen LogP contribution is 2.10. The highest BCUT2D eigenvalue weighted by molar-refractivity contribution is 14.0. The zero-order chi connectivity index (χ0) is 15.7. The van der Waals surface area contributed by atoms with Gasteiger partial charge in [-0.25, -0.2) is 4.98 Å². The van der Waals surface area contributed by atoms with E-state index in [0.29, 0.717) is 13.1 Å². The van der Waals surface area contributed by atoms with Gasteiger partial charge in [0.2, 0.25) is 5.91 Å². The minimum atomic E-state index is 0. The second-order valence-electron chi connectivity index (χ2n) is 4.99. The van der Waals surface area contributed by atoms with Gasteiger partial charge in [-0.05, 0) is 6.92 Å². The van der Waals surface area contributed by atoms with Gasteiger partial charge >= 0.3 is 0 Å². The maximum absolute atomic E-state index is 11.4. The number of rotatable bonds is 7. The molecule has 0 aliphatic rings. The quantitative estimate of drug-likeness (QED) is 0.261. The Kier molecular flexibility index (Phi) is 11.2. The van der Waals surface area contributed by atoms with Gasteiger partial charge in [-0.1, -0.05) is 13.8 Å². The van der Waals surface area contributed by atoms with E-state index in [1.54, 1.807) is 18.4 Å². The molecule has 1 amide bonds. The van der Waals surface area contributed by atoms with E-state index in [4.69, 9.17) is 0 Å². The average molecular weight is 439 g/mol. The first-order chi connectivity index (χ1) is 10.0. The van der Waals surface area contributed by atoms with E-state index >= 15 is 0 Å². The number of nitrogens with one attached hydrogen (secondary N) is 3. The summed E-state index contributed by atoms with van der Waals surface area (Å²) in [5.74, 6) is 0.824. The fourth-order valence-corrected chi connectivity index (χ4v) is 2.38. The van der Waals surface area contributed by atoms with Crippen molar-refractivity contribution in [3.05, 3.63) is 16.1 Å². The molecule has 1 aromatic rings. The molecule has 0 unspecified atom stereocenters. The Bertz CT molecular complexity index is 476. The zero-order valence-corrected chi connectivity index (χ0v) is 16.7. The number of halogens is 1.